The first-order valence-electron chi connectivity index (χ1n) is 12.3. The van der Waals surface area contributed by atoms with Gasteiger partial charge >= 0.3 is 6.18 Å². The van der Waals surface area contributed by atoms with Crippen molar-refractivity contribution in [2.24, 2.45) is 0 Å². The summed E-state index contributed by atoms with van der Waals surface area (Å²) in [5.41, 5.74) is 6.62. The minimum atomic E-state index is -5.19. The van der Waals surface area contributed by atoms with Gasteiger partial charge in [-0.2, -0.15) is 18.4 Å². The van der Waals surface area contributed by atoms with Crippen LogP contribution in [-0.2, 0) is 17.9 Å². The first-order chi connectivity index (χ1) is 18.7. The maximum atomic E-state index is 13.3. The van der Waals surface area contributed by atoms with Gasteiger partial charge in [-0.05, 0) is 60.0 Å². The largest absolute Gasteiger partial charge is 0.542 e. The zero-order chi connectivity index (χ0) is 29.7. The summed E-state index contributed by atoms with van der Waals surface area (Å²) in [7, 11) is 6.39. The first kappa shape index (κ1) is 29.9. The van der Waals surface area contributed by atoms with E-state index in [1.54, 1.807) is 6.07 Å². The van der Waals surface area contributed by atoms with Crippen molar-refractivity contribution in [3.8, 4) is 6.07 Å². The Morgan fingerprint density at radius 2 is 1.60 bits per heavy atom. The smallest absolute Gasteiger partial charge is 0.430 e. The number of fused-ring (bicyclic) bond motifs is 1. The molecule has 1 aromatic heterocycles. The molecular formula is C30H29F3N4O3. The lowest BCUT2D eigenvalue weighted by Crippen LogP contribution is -2.37. The summed E-state index contributed by atoms with van der Waals surface area (Å²) in [5, 5.41) is 22.2. The molecule has 0 spiro atoms. The second-order valence-corrected chi connectivity index (χ2v) is 10.1. The van der Waals surface area contributed by atoms with Gasteiger partial charge in [0, 0.05) is 24.0 Å². The predicted octanol–water partition coefficient (Wildman–Crippen LogP) is 4.30. The number of amides is 1. The van der Waals surface area contributed by atoms with Crippen molar-refractivity contribution in [2.75, 3.05) is 21.1 Å². The van der Waals surface area contributed by atoms with Crippen LogP contribution in [0, 0.1) is 18.3 Å². The molecule has 0 atom stereocenters. The van der Waals surface area contributed by atoms with Gasteiger partial charge in [0.2, 0.25) is 0 Å². The van der Waals surface area contributed by atoms with E-state index in [0.29, 0.717) is 24.3 Å². The van der Waals surface area contributed by atoms with E-state index in [1.807, 2.05) is 41.0 Å². The summed E-state index contributed by atoms with van der Waals surface area (Å²) in [6.45, 7) is 3.03. The molecule has 0 radical (unpaired) electrons. The minimum Gasteiger partial charge on any atom is -0.542 e. The number of hydrogen-bond acceptors (Lipinski definition) is 4. The lowest BCUT2D eigenvalue weighted by molar-refractivity contribution is -0.344. The monoisotopic (exact) mass is 550 g/mol. The number of aromatic nitrogens is 1. The molecule has 1 N–H and O–H groups in total. The standard InChI is InChI=1S/C28H28N4O.C2HF3O2/c1-20-7-5-10-26-25(20)16-27(31(26)19-23-9-6-8-22(15-23)17-29)28(33)30-18-21-11-13-24(14-12-21)32(2,3)4;3-2(4,5)1(6)7/h5-16H,18-19H2,1-4H3;(H,6,7). The molecular weight excluding hydrogens is 521 g/mol. The average molecular weight is 551 g/mol. The van der Waals surface area contributed by atoms with Crippen molar-refractivity contribution < 1.29 is 27.9 Å². The Bertz CT molecular complexity index is 1560. The number of carboxylic acid groups (broad SMARTS) is 1. The van der Waals surface area contributed by atoms with Crippen molar-refractivity contribution >= 4 is 28.5 Å². The summed E-state index contributed by atoms with van der Waals surface area (Å²) in [4.78, 5) is 22.1. The van der Waals surface area contributed by atoms with E-state index in [4.69, 9.17) is 9.90 Å². The molecule has 4 rings (SSSR count). The predicted molar refractivity (Wildman–Crippen MR) is 145 cm³/mol. The number of aryl methyl sites for hydroxylation is 1. The zero-order valence-electron chi connectivity index (χ0n) is 22.5. The van der Waals surface area contributed by atoms with E-state index in [0.717, 1.165) is 32.1 Å². The second kappa shape index (κ2) is 12.1. The summed E-state index contributed by atoms with van der Waals surface area (Å²) in [6.07, 6.45) is -5.19. The highest BCUT2D eigenvalue weighted by Gasteiger charge is 2.28. The molecule has 0 saturated heterocycles. The molecule has 0 fully saturated rings. The van der Waals surface area contributed by atoms with Crippen molar-refractivity contribution in [1.82, 2.24) is 14.4 Å². The average Bonchev–Trinajstić information content (AvgIpc) is 3.26. The van der Waals surface area contributed by atoms with Crippen LogP contribution in [0.1, 0.15) is 32.7 Å². The topological polar surface area (TPSA) is 98.0 Å². The van der Waals surface area contributed by atoms with Gasteiger partial charge in [0.25, 0.3) is 5.91 Å². The summed E-state index contributed by atoms with van der Waals surface area (Å²) < 4.78 is 34.3. The molecule has 208 valence electrons. The number of rotatable bonds is 6. The third-order valence-electron chi connectivity index (χ3n) is 6.19. The first-order valence-corrected chi connectivity index (χ1v) is 12.3. The highest BCUT2D eigenvalue weighted by Crippen LogP contribution is 2.25. The molecule has 40 heavy (non-hydrogen) atoms. The van der Waals surface area contributed by atoms with Crippen molar-refractivity contribution in [2.45, 2.75) is 26.2 Å². The lowest BCUT2D eigenvalue weighted by Gasteiger charge is -2.23. The maximum Gasteiger partial charge on any atom is 0.430 e. The van der Waals surface area contributed by atoms with Gasteiger partial charge < -0.3 is 19.8 Å². The molecule has 3 aromatic carbocycles. The number of nitrogens with zero attached hydrogens (tertiary/aromatic N) is 3. The number of carbonyl (C=O) groups excluding carboxylic acids is 2. The summed E-state index contributed by atoms with van der Waals surface area (Å²) in [5.74, 6) is -3.12. The number of quaternary nitrogens is 1. The molecule has 1 amide bonds. The highest BCUT2D eigenvalue weighted by molar-refractivity contribution is 5.99. The SMILES string of the molecule is Cc1cccc2c1cc(C(=O)NCc1ccc([N+](C)(C)C)cc1)n2Cc1cccc(C#N)c1.O=C([O-])C(F)(F)F. The van der Waals surface area contributed by atoms with Gasteiger partial charge in [0.15, 0.2) is 0 Å². The Labute approximate surface area is 230 Å². The van der Waals surface area contributed by atoms with Crippen LogP contribution < -0.4 is 14.9 Å². The lowest BCUT2D eigenvalue weighted by atomic mass is 10.1. The van der Waals surface area contributed by atoms with E-state index in [1.165, 1.54) is 5.69 Å². The van der Waals surface area contributed by atoms with Gasteiger partial charge in [-0.1, -0.05) is 36.4 Å². The Morgan fingerprint density at radius 1 is 0.975 bits per heavy atom. The number of nitrogens with one attached hydrogen (secondary N) is 1. The number of hydrogen-bond donors (Lipinski definition) is 1. The quantitative estimate of drug-likeness (QED) is 0.362. The molecule has 7 nitrogen and oxygen atoms in total. The number of carbonyl (C=O) groups is 2. The Balaban J connectivity index is 0.000000559. The van der Waals surface area contributed by atoms with Gasteiger partial charge in [-0.3, -0.25) is 9.28 Å². The summed E-state index contributed by atoms with van der Waals surface area (Å²) in [6, 6.07) is 26.1. The van der Waals surface area contributed by atoms with Crippen LogP contribution in [0.5, 0.6) is 0 Å². The molecule has 0 aliphatic heterocycles. The van der Waals surface area contributed by atoms with Crippen LogP contribution in [0.25, 0.3) is 10.9 Å². The van der Waals surface area contributed by atoms with E-state index in [-0.39, 0.29) is 5.91 Å². The van der Waals surface area contributed by atoms with E-state index < -0.39 is 12.1 Å². The number of nitriles is 1. The van der Waals surface area contributed by atoms with Crippen LogP contribution >= 0.6 is 0 Å². The Hall–Kier alpha value is -4.62. The van der Waals surface area contributed by atoms with E-state index in [2.05, 4.69) is 69.8 Å². The molecule has 0 bridgehead atoms. The van der Waals surface area contributed by atoms with Crippen LogP contribution in [0.3, 0.4) is 0 Å². The number of halogens is 3. The maximum absolute atomic E-state index is 13.3. The molecule has 0 unspecified atom stereocenters. The normalized spacial score (nSPS) is 11.3. The van der Waals surface area contributed by atoms with E-state index >= 15 is 0 Å². The number of carboxylic acids is 1. The molecule has 4 aromatic rings. The van der Waals surface area contributed by atoms with Gasteiger partial charge in [0.05, 0.1) is 32.8 Å². The third kappa shape index (κ3) is 7.48. The van der Waals surface area contributed by atoms with Gasteiger partial charge in [-0.15, -0.1) is 0 Å². The minimum absolute atomic E-state index is 0.113. The van der Waals surface area contributed by atoms with Crippen LogP contribution in [-0.4, -0.2) is 43.8 Å². The second-order valence-electron chi connectivity index (χ2n) is 10.1. The molecule has 1 heterocycles. The molecule has 0 saturated carbocycles. The Kier molecular flexibility index (Phi) is 9.02. The van der Waals surface area contributed by atoms with Gasteiger partial charge in [0.1, 0.15) is 17.4 Å². The van der Waals surface area contributed by atoms with E-state index in [9.17, 15) is 23.2 Å². The van der Waals surface area contributed by atoms with Crippen LogP contribution in [0.2, 0.25) is 0 Å². The highest BCUT2D eigenvalue weighted by atomic mass is 19.4. The van der Waals surface area contributed by atoms with Gasteiger partial charge in [-0.25, -0.2) is 0 Å². The van der Waals surface area contributed by atoms with Crippen LogP contribution in [0.15, 0.2) is 72.8 Å². The fraction of sp³-hybridized carbons (Fsp3) is 0.233. The Morgan fingerprint density at radius 3 is 2.17 bits per heavy atom. The zero-order valence-corrected chi connectivity index (χ0v) is 22.5. The number of alkyl halides is 3. The fourth-order valence-electron chi connectivity index (χ4n) is 4.05. The van der Waals surface area contributed by atoms with Crippen molar-refractivity contribution in [1.29, 1.82) is 5.26 Å². The molecule has 10 heteroatoms. The summed E-state index contributed by atoms with van der Waals surface area (Å²) >= 11 is 0. The van der Waals surface area contributed by atoms with Crippen molar-refractivity contribution in [3.63, 3.8) is 0 Å². The van der Waals surface area contributed by atoms with Crippen molar-refractivity contribution in [3.05, 3.63) is 101 Å². The molecule has 0 aliphatic carbocycles. The third-order valence-corrected chi connectivity index (χ3v) is 6.19. The molecule has 0 aliphatic rings. The fourth-order valence-corrected chi connectivity index (χ4v) is 4.05. The van der Waals surface area contributed by atoms with Crippen LogP contribution in [0.4, 0.5) is 18.9 Å². The number of aliphatic carboxylic acids is 1. The number of benzene rings is 3.